The maximum Gasteiger partial charge on any atom is 0.120 e. The Bertz CT molecular complexity index is 177. The predicted molar refractivity (Wildman–Crippen MR) is 73.6 cm³/mol. The lowest BCUT2D eigenvalue weighted by molar-refractivity contribution is 0.155. The first-order valence-electron chi connectivity index (χ1n) is 6.47. The van der Waals surface area contributed by atoms with E-state index in [0.29, 0.717) is 10.6 Å². The standard InChI is InChI=1S/C13H30O2Si/c1-8-14-10-16(12(3)4,11-15-9-2)13(5,6)7/h12H,8-11H2,1-7H3. The highest BCUT2D eigenvalue weighted by molar-refractivity contribution is 6.83. The fourth-order valence-corrected chi connectivity index (χ4v) is 6.73. The van der Waals surface area contributed by atoms with Crippen molar-refractivity contribution in [3.05, 3.63) is 0 Å². The van der Waals surface area contributed by atoms with Gasteiger partial charge in [-0.05, 0) is 24.4 Å². The molecule has 0 bridgehead atoms. The van der Waals surface area contributed by atoms with Crippen molar-refractivity contribution >= 4 is 8.07 Å². The second-order valence-corrected chi connectivity index (χ2v) is 11.4. The maximum atomic E-state index is 5.77. The molecule has 3 heteroatoms. The average molecular weight is 246 g/mol. The van der Waals surface area contributed by atoms with Crippen LogP contribution in [0.1, 0.15) is 48.5 Å². The molecule has 0 aromatic carbocycles. The van der Waals surface area contributed by atoms with Gasteiger partial charge in [0.1, 0.15) is 8.07 Å². The van der Waals surface area contributed by atoms with Crippen LogP contribution in [0.15, 0.2) is 0 Å². The van der Waals surface area contributed by atoms with Crippen LogP contribution in [-0.4, -0.2) is 33.7 Å². The Balaban J connectivity index is 4.90. The van der Waals surface area contributed by atoms with Gasteiger partial charge in [-0.2, -0.15) is 0 Å². The van der Waals surface area contributed by atoms with Crippen molar-refractivity contribution in [3.63, 3.8) is 0 Å². The molecule has 0 aliphatic heterocycles. The highest BCUT2D eigenvalue weighted by Crippen LogP contribution is 2.43. The van der Waals surface area contributed by atoms with Crippen molar-refractivity contribution in [2.45, 2.75) is 59.0 Å². The van der Waals surface area contributed by atoms with Gasteiger partial charge in [-0.25, -0.2) is 0 Å². The second kappa shape index (κ2) is 6.77. The minimum Gasteiger partial charge on any atom is -0.385 e. The summed E-state index contributed by atoms with van der Waals surface area (Å²) in [6.45, 7) is 17.5. The molecule has 0 amide bonds. The van der Waals surface area contributed by atoms with E-state index < -0.39 is 8.07 Å². The first kappa shape index (κ1) is 16.1. The van der Waals surface area contributed by atoms with E-state index in [0.717, 1.165) is 25.7 Å². The van der Waals surface area contributed by atoms with Crippen LogP contribution in [0.4, 0.5) is 0 Å². The Morgan fingerprint density at radius 2 is 1.31 bits per heavy atom. The van der Waals surface area contributed by atoms with Gasteiger partial charge in [0.15, 0.2) is 0 Å². The molecule has 0 rings (SSSR count). The van der Waals surface area contributed by atoms with Crippen LogP contribution in [0.3, 0.4) is 0 Å². The zero-order valence-electron chi connectivity index (χ0n) is 12.2. The first-order valence-corrected chi connectivity index (χ1v) is 8.96. The fourth-order valence-electron chi connectivity index (χ4n) is 2.24. The SMILES string of the molecule is CCOC[Si](COCC)(C(C)C)C(C)(C)C. The maximum absolute atomic E-state index is 5.77. The van der Waals surface area contributed by atoms with Crippen LogP contribution in [0, 0.1) is 0 Å². The quantitative estimate of drug-likeness (QED) is 0.636. The van der Waals surface area contributed by atoms with Gasteiger partial charge >= 0.3 is 0 Å². The van der Waals surface area contributed by atoms with E-state index in [1.165, 1.54) is 0 Å². The minimum atomic E-state index is -1.56. The van der Waals surface area contributed by atoms with E-state index in [9.17, 15) is 0 Å². The highest BCUT2D eigenvalue weighted by atomic mass is 28.3. The molecule has 0 saturated carbocycles. The lowest BCUT2D eigenvalue weighted by Gasteiger charge is -2.45. The molecule has 0 N–H and O–H groups in total. The summed E-state index contributed by atoms with van der Waals surface area (Å²) in [6.07, 6.45) is 1.84. The van der Waals surface area contributed by atoms with E-state index in [1.54, 1.807) is 0 Å². The molecule has 0 aromatic rings. The molecule has 0 spiro atoms. The monoisotopic (exact) mass is 246 g/mol. The van der Waals surface area contributed by atoms with Gasteiger partial charge in [-0.3, -0.25) is 0 Å². The van der Waals surface area contributed by atoms with E-state index in [-0.39, 0.29) is 0 Å². The summed E-state index contributed by atoms with van der Waals surface area (Å²) < 4.78 is 11.5. The fraction of sp³-hybridized carbons (Fsp3) is 1.00. The lowest BCUT2D eigenvalue weighted by atomic mass is 10.2. The highest BCUT2D eigenvalue weighted by Gasteiger charge is 2.47. The van der Waals surface area contributed by atoms with Crippen molar-refractivity contribution in [2.75, 3.05) is 25.7 Å². The number of hydrogen-bond acceptors (Lipinski definition) is 2. The summed E-state index contributed by atoms with van der Waals surface area (Å²) in [5.74, 6) is 0. The molecule has 0 saturated heterocycles. The Morgan fingerprint density at radius 3 is 1.50 bits per heavy atom. The summed E-state index contributed by atoms with van der Waals surface area (Å²) in [6, 6.07) is 0. The molecule has 0 heterocycles. The molecule has 0 aliphatic rings. The van der Waals surface area contributed by atoms with E-state index in [1.807, 2.05) is 0 Å². The van der Waals surface area contributed by atoms with Crippen LogP contribution in [-0.2, 0) is 9.47 Å². The summed E-state index contributed by atoms with van der Waals surface area (Å²) in [4.78, 5) is 0. The van der Waals surface area contributed by atoms with Crippen molar-refractivity contribution in [1.29, 1.82) is 0 Å². The molecule has 0 unspecified atom stereocenters. The molecule has 2 nitrogen and oxygen atoms in total. The molecule has 0 aliphatic carbocycles. The van der Waals surface area contributed by atoms with Crippen LogP contribution >= 0.6 is 0 Å². The van der Waals surface area contributed by atoms with Crippen LogP contribution in [0.5, 0.6) is 0 Å². The first-order chi connectivity index (χ1) is 7.31. The molecule has 0 atom stereocenters. The number of hydrogen-bond donors (Lipinski definition) is 0. The second-order valence-electron chi connectivity index (χ2n) is 5.84. The van der Waals surface area contributed by atoms with Gasteiger partial charge in [-0.15, -0.1) is 0 Å². The third-order valence-corrected chi connectivity index (χ3v) is 10.4. The molecular formula is C13H30O2Si. The van der Waals surface area contributed by atoms with Crippen molar-refractivity contribution in [2.24, 2.45) is 0 Å². The van der Waals surface area contributed by atoms with Gasteiger partial charge in [-0.1, -0.05) is 34.6 Å². The summed E-state index contributed by atoms with van der Waals surface area (Å²) in [5.41, 5.74) is 0.686. The number of ether oxygens (including phenoxy) is 2. The van der Waals surface area contributed by atoms with Gasteiger partial charge in [0.25, 0.3) is 0 Å². The van der Waals surface area contributed by atoms with Crippen LogP contribution in [0.2, 0.25) is 10.6 Å². The Labute approximate surface area is 103 Å². The summed E-state index contributed by atoms with van der Waals surface area (Å²) in [7, 11) is -1.56. The third-order valence-electron chi connectivity index (χ3n) is 3.73. The van der Waals surface area contributed by atoms with Gasteiger partial charge in [0.05, 0.1) is 0 Å². The smallest absolute Gasteiger partial charge is 0.120 e. The summed E-state index contributed by atoms with van der Waals surface area (Å²) in [5, 5.41) is 0.325. The van der Waals surface area contributed by atoms with Crippen molar-refractivity contribution in [1.82, 2.24) is 0 Å². The van der Waals surface area contributed by atoms with Gasteiger partial charge < -0.3 is 9.47 Å². The van der Waals surface area contributed by atoms with Gasteiger partial charge in [0, 0.05) is 25.7 Å². The molecule has 98 valence electrons. The van der Waals surface area contributed by atoms with Crippen LogP contribution < -0.4 is 0 Å². The Kier molecular flexibility index (Phi) is 6.83. The minimum absolute atomic E-state index is 0.325. The third kappa shape index (κ3) is 3.86. The zero-order chi connectivity index (χ0) is 12.8. The van der Waals surface area contributed by atoms with Gasteiger partial charge in [0.2, 0.25) is 0 Å². The largest absolute Gasteiger partial charge is 0.385 e. The van der Waals surface area contributed by atoms with Crippen LogP contribution in [0.25, 0.3) is 0 Å². The Morgan fingerprint density at radius 1 is 0.938 bits per heavy atom. The van der Waals surface area contributed by atoms with Crippen molar-refractivity contribution < 1.29 is 9.47 Å². The molecule has 0 aromatic heterocycles. The van der Waals surface area contributed by atoms with E-state index >= 15 is 0 Å². The number of rotatable bonds is 7. The molecule has 16 heavy (non-hydrogen) atoms. The predicted octanol–water partition coefficient (Wildman–Crippen LogP) is 3.80. The topological polar surface area (TPSA) is 18.5 Å². The zero-order valence-corrected chi connectivity index (χ0v) is 13.2. The van der Waals surface area contributed by atoms with Crippen molar-refractivity contribution in [3.8, 4) is 0 Å². The molecule has 0 radical (unpaired) electrons. The Hall–Kier alpha value is 0.137. The molecular weight excluding hydrogens is 216 g/mol. The normalized spacial score (nSPS) is 13.5. The molecule has 0 fully saturated rings. The van der Waals surface area contributed by atoms with E-state index in [2.05, 4.69) is 48.5 Å². The average Bonchev–Trinajstić information content (AvgIpc) is 2.16. The van der Waals surface area contributed by atoms with E-state index in [4.69, 9.17) is 9.47 Å². The summed E-state index contributed by atoms with van der Waals surface area (Å²) >= 11 is 0. The lowest BCUT2D eigenvalue weighted by Crippen LogP contribution is -2.56.